The molecular formula is C66H80N6O7. The third kappa shape index (κ3) is 17.8. The molecule has 0 heterocycles. The first-order valence-corrected chi connectivity index (χ1v) is 27.9. The monoisotopic (exact) mass is 1070 g/mol. The van der Waals surface area contributed by atoms with E-state index in [0.717, 1.165) is 33.4 Å². The van der Waals surface area contributed by atoms with E-state index in [1.54, 1.807) is 24.5 Å². The Kier molecular flexibility index (Phi) is 23.6. The molecule has 0 unspecified atom stereocenters. The third-order valence-electron chi connectivity index (χ3n) is 15.3. The fourth-order valence-corrected chi connectivity index (χ4v) is 10.3. The van der Waals surface area contributed by atoms with E-state index in [0.29, 0.717) is 6.54 Å². The molecular weight excluding hydrogens is 989 g/mol. The second-order valence-electron chi connectivity index (χ2n) is 20.3. The Morgan fingerprint density at radius 2 is 0.519 bits per heavy atom. The molecule has 0 saturated heterocycles. The molecule has 0 fully saturated rings. The molecule has 13 heteroatoms. The smallest absolute Gasteiger partial charge is 0.305 e. The Morgan fingerprint density at radius 3 is 0.747 bits per heavy atom. The second-order valence-corrected chi connectivity index (χ2v) is 20.3. The minimum atomic E-state index is -1.01. The molecule has 0 spiro atoms. The number of hydrogen-bond acceptors (Lipinski definition) is 7. The van der Waals surface area contributed by atoms with E-state index in [4.69, 9.17) is 0 Å². The van der Waals surface area contributed by atoms with Crippen LogP contribution in [0.4, 0.5) is 0 Å². The van der Waals surface area contributed by atoms with Gasteiger partial charge in [0.05, 0.1) is 36.6 Å². The molecule has 0 bridgehead atoms. The topological polar surface area (TPSA) is 151 Å². The van der Waals surface area contributed by atoms with Gasteiger partial charge in [-0.1, -0.05) is 182 Å². The van der Waals surface area contributed by atoms with Crippen LogP contribution in [0.5, 0.6) is 0 Å². The van der Waals surface area contributed by atoms with Gasteiger partial charge in [0, 0.05) is 77.4 Å². The fourth-order valence-electron chi connectivity index (χ4n) is 10.3. The number of carboxylic acid groups (broad SMARTS) is 1. The largest absolute Gasteiger partial charge is 0.481 e. The quantitative estimate of drug-likeness (QED) is 0.0453. The van der Waals surface area contributed by atoms with Gasteiger partial charge in [-0.2, -0.15) is 0 Å². The number of aliphatic carboxylic acids is 1. The van der Waals surface area contributed by atoms with Crippen LogP contribution in [0.25, 0.3) is 0 Å². The standard InChI is InChI=1S/C66H80N6O7/c1-49(55-25-13-7-14-26-55)67-43-37-61(73)68(50(2)56-27-15-8-16-28-56)44-38-62(74)69(51(3)57-29-17-9-18-30-57)45-39-63(75)70(52(4)58-31-19-10-20-32-58)46-40-64(76)71(53(5)59-33-21-11-22-34-59)47-41-65(77)72(48-42-66(78)79)54(6)60-35-23-12-24-36-60/h7-36,49-54,67H,37-48H2,1-6H3,(H,78,79)/t49-,50-,51-,52-,53-,54-/m0/s1. The summed E-state index contributed by atoms with van der Waals surface area (Å²) in [6.07, 6.45) is -0.0945. The molecule has 13 nitrogen and oxygen atoms in total. The fraction of sp³-hybridized carbons (Fsp3) is 0.364. The summed E-state index contributed by atoms with van der Waals surface area (Å²) in [7, 11) is 0. The number of rotatable bonds is 30. The molecule has 6 rings (SSSR count). The van der Waals surface area contributed by atoms with E-state index >= 15 is 0 Å². The van der Waals surface area contributed by atoms with Gasteiger partial charge >= 0.3 is 5.97 Å². The van der Waals surface area contributed by atoms with Crippen molar-refractivity contribution in [1.29, 1.82) is 0 Å². The van der Waals surface area contributed by atoms with Gasteiger partial charge in [0.1, 0.15) is 0 Å². The maximum atomic E-state index is 14.9. The summed E-state index contributed by atoms with van der Waals surface area (Å²) in [4.78, 5) is 93.1. The van der Waals surface area contributed by atoms with Crippen molar-refractivity contribution in [2.45, 2.75) is 116 Å². The third-order valence-corrected chi connectivity index (χ3v) is 15.3. The molecule has 0 saturated carbocycles. The molecule has 0 aliphatic rings. The number of nitrogens with zero attached hydrogens (tertiary/aromatic N) is 5. The Hall–Kier alpha value is -7.90. The summed E-state index contributed by atoms with van der Waals surface area (Å²) in [6, 6.07) is 56.3. The highest BCUT2D eigenvalue weighted by atomic mass is 16.4. The maximum Gasteiger partial charge on any atom is 0.305 e. The first-order chi connectivity index (χ1) is 38.1. The van der Waals surface area contributed by atoms with Crippen LogP contribution in [-0.2, 0) is 28.8 Å². The van der Waals surface area contributed by atoms with Crippen LogP contribution in [0.3, 0.4) is 0 Å². The van der Waals surface area contributed by atoms with E-state index in [-0.39, 0.29) is 113 Å². The summed E-state index contributed by atoms with van der Waals surface area (Å²) in [5.74, 6) is -2.06. The van der Waals surface area contributed by atoms with Crippen molar-refractivity contribution in [2.24, 2.45) is 0 Å². The highest BCUT2D eigenvalue weighted by Gasteiger charge is 2.31. The molecule has 0 radical (unpaired) electrons. The Bertz CT molecular complexity index is 2830. The van der Waals surface area contributed by atoms with Gasteiger partial charge < -0.3 is 34.9 Å². The first kappa shape index (κ1) is 60.3. The van der Waals surface area contributed by atoms with E-state index in [9.17, 15) is 33.9 Å². The van der Waals surface area contributed by atoms with Gasteiger partial charge in [0.15, 0.2) is 0 Å². The van der Waals surface area contributed by atoms with E-state index in [1.807, 2.05) is 204 Å². The molecule has 0 aromatic heterocycles. The van der Waals surface area contributed by atoms with Crippen LogP contribution in [-0.4, -0.2) is 104 Å². The van der Waals surface area contributed by atoms with Crippen molar-refractivity contribution in [3.05, 3.63) is 215 Å². The average Bonchev–Trinajstić information content (AvgIpc) is 3.49. The predicted octanol–water partition coefficient (Wildman–Crippen LogP) is 11.7. The summed E-state index contributed by atoms with van der Waals surface area (Å²) in [6.45, 7) is 12.6. The zero-order chi connectivity index (χ0) is 56.7. The summed E-state index contributed by atoms with van der Waals surface area (Å²) in [5, 5.41) is 13.1. The summed E-state index contributed by atoms with van der Waals surface area (Å²) in [5.41, 5.74) is 5.61. The van der Waals surface area contributed by atoms with Crippen LogP contribution in [0.15, 0.2) is 182 Å². The summed E-state index contributed by atoms with van der Waals surface area (Å²) < 4.78 is 0. The number of carbonyl (C=O) groups is 6. The number of benzene rings is 6. The predicted molar refractivity (Wildman–Crippen MR) is 311 cm³/mol. The van der Waals surface area contributed by atoms with Gasteiger partial charge in [0.2, 0.25) is 29.5 Å². The lowest BCUT2D eigenvalue weighted by Crippen LogP contribution is -2.43. The first-order valence-electron chi connectivity index (χ1n) is 27.9. The average molecular weight is 1070 g/mol. The van der Waals surface area contributed by atoms with Gasteiger partial charge in [-0.3, -0.25) is 28.8 Å². The second kappa shape index (κ2) is 30.9. The molecule has 6 aromatic carbocycles. The number of hydrogen-bond donors (Lipinski definition) is 2. The normalized spacial score (nSPS) is 13.4. The Balaban J connectivity index is 1.21. The van der Waals surface area contributed by atoms with Crippen molar-refractivity contribution in [3.8, 4) is 0 Å². The molecule has 6 atom stereocenters. The van der Waals surface area contributed by atoms with Gasteiger partial charge in [0.25, 0.3) is 0 Å². The van der Waals surface area contributed by atoms with Crippen LogP contribution in [0, 0.1) is 0 Å². The van der Waals surface area contributed by atoms with Crippen LogP contribution in [0.1, 0.15) is 150 Å². The van der Waals surface area contributed by atoms with Gasteiger partial charge in [-0.25, -0.2) is 0 Å². The Morgan fingerprint density at radius 1 is 0.316 bits per heavy atom. The zero-order valence-electron chi connectivity index (χ0n) is 46.9. The number of carbonyl (C=O) groups excluding carboxylic acids is 5. The van der Waals surface area contributed by atoms with Crippen LogP contribution < -0.4 is 5.32 Å². The number of nitrogens with one attached hydrogen (secondary N) is 1. The SMILES string of the molecule is C[C@H](NCCC(=O)N(CCC(=O)N(CCC(=O)N(CCC(=O)N(CCC(=O)N(CCC(=O)O)[C@@H](C)c1ccccc1)[C@@H](C)c1ccccc1)[C@@H](C)c1ccccc1)[C@@H](C)c1ccccc1)[C@@H](C)c1ccccc1)c1ccccc1. The van der Waals surface area contributed by atoms with Crippen LogP contribution in [0.2, 0.25) is 0 Å². The molecule has 2 N–H and O–H groups in total. The highest BCUT2D eigenvalue weighted by Crippen LogP contribution is 2.29. The maximum absolute atomic E-state index is 14.9. The zero-order valence-corrected chi connectivity index (χ0v) is 46.9. The molecule has 6 aromatic rings. The lowest BCUT2D eigenvalue weighted by Gasteiger charge is -2.35. The van der Waals surface area contributed by atoms with E-state index in [2.05, 4.69) is 24.4 Å². The van der Waals surface area contributed by atoms with E-state index < -0.39 is 30.1 Å². The van der Waals surface area contributed by atoms with Crippen molar-refractivity contribution in [3.63, 3.8) is 0 Å². The van der Waals surface area contributed by atoms with Gasteiger partial charge in [-0.05, 0) is 74.9 Å². The van der Waals surface area contributed by atoms with Crippen molar-refractivity contribution < 1.29 is 33.9 Å². The molecule has 5 amide bonds. The lowest BCUT2D eigenvalue weighted by molar-refractivity contribution is -0.141. The lowest BCUT2D eigenvalue weighted by atomic mass is 10.0. The van der Waals surface area contributed by atoms with E-state index in [1.165, 1.54) is 0 Å². The van der Waals surface area contributed by atoms with Gasteiger partial charge in [-0.15, -0.1) is 0 Å². The minimum Gasteiger partial charge on any atom is -0.481 e. The van der Waals surface area contributed by atoms with Crippen molar-refractivity contribution in [2.75, 3.05) is 39.3 Å². The minimum absolute atomic E-state index is 0.00681. The highest BCUT2D eigenvalue weighted by molar-refractivity contribution is 5.83. The summed E-state index contributed by atoms with van der Waals surface area (Å²) >= 11 is 0. The molecule has 416 valence electrons. The number of amides is 5. The van der Waals surface area contributed by atoms with Crippen molar-refractivity contribution >= 4 is 35.5 Å². The molecule has 0 aliphatic carbocycles. The Labute approximate surface area is 468 Å². The molecule has 79 heavy (non-hydrogen) atoms. The molecule has 0 aliphatic heterocycles. The van der Waals surface area contributed by atoms with Crippen molar-refractivity contribution in [1.82, 2.24) is 29.8 Å². The number of carboxylic acids is 1. The van der Waals surface area contributed by atoms with Crippen LogP contribution >= 0.6 is 0 Å².